The molecule has 0 saturated heterocycles. The third kappa shape index (κ3) is 5.54. The topological polar surface area (TPSA) is 67.4 Å². The van der Waals surface area contributed by atoms with Crippen molar-refractivity contribution in [2.24, 2.45) is 4.99 Å². The van der Waals surface area contributed by atoms with Gasteiger partial charge in [-0.15, -0.1) is 0 Å². The van der Waals surface area contributed by atoms with Crippen LogP contribution in [0.1, 0.15) is 17.2 Å². The lowest BCUT2D eigenvalue weighted by Crippen LogP contribution is -2.42. The zero-order valence-electron chi connectivity index (χ0n) is 17.6. The second-order valence-electron chi connectivity index (χ2n) is 7.07. The van der Waals surface area contributed by atoms with Crippen LogP contribution in [-0.4, -0.2) is 59.0 Å². The van der Waals surface area contributed by atoms with Gasteiger partial charge in [-0.2, -0.15) is 0 Å². The van der Waals surface area contributed by atoms with Crippen molar-refractivity contribution in [2.45, 2.75) is 12.5 Å². The summed E-state index contributed by atoms with van der Waals surface area (Å²) in [6.45, 7) is 1.79. The lowest BCUT2D eigenvalue weighted by atomic mass is 10.1. The zero-order chi connectivity index (χ0) is 20.6. The fourth-order valence-corrected chi connectivity index (χ4v) is 3.28. The molecule has 1 aliphatic rings. The van der Waals surface area contributed by atoms with Crippen molar-refractivity contribution in [1.29, 1.82) is 0 Å². The molecule has 0 radical (unpaired) electrons. The van der Waals surface area contributed by atoms with E-state index in [0.29, 0.717) is 6.79 Å². The van der Waals surface area contributed by atoms with E-state index in [1.807, 2.05) is 24.3 Å². The van der Waals surface area contributed by atoms with Gasteiger partial charge in [0.2, 0.25) is 6.79 Å². The molecule has 0 amide bonds. The summed E-state index contributed by atoms with van der Waals surface area (Å²) in [5.74, 6) is 3.27. The summed E-state index contributed by atoms with van der Waals surface area (Å²) in [7, 11) is 7.61. The fourth-order valence-electron chi connectivity index (χ4n) is 3.28. The van der Waals surface area contributed by atoms with Crippen molar-refractivity contribution in [3.05, 3.63) is 53.6 Å². The van der Waals surface area contributed by atoms with Crippen LogP contribution >= 0.6 is 0 Å². The largest absolute Gasteiger partial charge is 0.497 e. The first kappa shape index (κ1) is 20.8. The van der Waals surface area contributed by atoms with E-state index in [4.69, 9.17) is 14.2 Å². The Hall–Kier alpha value is -2.93. The molecule has 0 bridgehead atoms. The smallest absolute Gasteiger partial charge is 0.231 e. The van der Waals surface area contributed by atoms with Gasteiger partial charge in [-0.1, -0.05) is 18.2 Å². The first-order chi connectivity index (χ1) is 14.1. The third-order valence-corrected chi connectivity index (χ3v) is 4.93. The molecule has 0 saturated carbocycles. The molecule has 1 aliphatic heterocycles. The Bertz CT molecular complexity index is 839. The molecule has 156 valence electrons. The van der Waals surface area contributed by atoms with Crippen molar-refractivity contribution in [3.8, 4) is 17.2 Å². The fraction of sp³-hybridized carbons (Fsp3) is 0.409. The Labute approximate surface area is 172 Å². The van der Waals surface area contributed by atoms with Gasteiger partial charge in [-0.05, 0) is 55.9 Å². The van der Waals surface area contributed by atoms with Crippen LogP contribution in [0, 0.1) is 0 Å². The van der Waals surface area contributed by atoms with Crippen LogP contribution in [0.5, 0.6) is 17.2 Å². The average Bonchev–Trinajstić information content (AvgIpc) is 3.20. The molecule has 1 unspecified atom stereocenters. The van der Waals surface area contributed by atoms with Gasteiger partial charge in [-0.3, -0.25) is 4.99 Å². The minimum atomic E-state index is 0.192. The van der Waals surface area contributed by atoms with Crippen molar-refractivity contribution < 1.29 is 14.2 Å². The van der Waals surface area contributed by atoms with Gasteiger partial charge in [0.15, 0.2) is 17.5 Å². The van der Waals surface area contributed by atoms with E-state index in [0.717, 1.165) is 42.7 Å². The van der Waals surface area contributed by atoms with Gasteiger partial charge < -0.3 is 29.7 Å². The van der Waals surface area contributed by atoms with Crippen LogP contribution in [0.3, 0.4) is 0 Å². The Morgan fingerprint density at radius 3 is 2.72 bits per heavy atom. The minimum Gasteiger partial charge on any atom is -0.497 e. The number of methoxy groups -OCH3 is 1. The average molecular weight is 399 g/mol. The number of ether oxygens (including phenoxy) is 3. The minimum absolute atomic E-state index is 0.192. The number of guanidine groups is 1. The van der Waals surface area contributed by atoms with E-state index < -0.39 is 0 Å². The highest BCUT2D eigenvalue weighted by Gasteiger charge is 2.16. The number of aliphatic imine (C=N–C) groups is 1. The van der Waals surface area contributed by atoms with Crippen LogP contribution < -0.4 is 24.8 Å². The number of fused-ring (bicyclic) bond motifs is 1. The number of likely N-dealkylation sites (N-methyl/N-ethyl adjacent to an activating group) is 1. The van der Waals surface area contributed by atoms with Gasteiger partial charge in [0.25, 0.3) is 0 Å². The van der Waals surface area contributed by atoms with Crippen LogP contribution in [0.4, 0.5) is 0 Å². The standard InChI is InChI=1S/C22H30N4O3/c1-23-22(24-11-10-16-8-9-20-21(12-16)29-15-28-20)25-14-19(26(2)3)17-6-5-7-18(13-17)27-4/h5-9,12-13,19H,10-11,14-15H2,1-4H3,(H2,23,24,25). The van der Waals surface area contributed by atoms with Gasteiger partial charge in [0.05, 0.1) is 13.2 Å². The lowest BCUT2D eigenvalue weighted by molar-refractivity contribution is 0.174. The highest BCUT2D eigenvalue weighted by Crippen LogP contribution is 2.32. The molecule has 3 rings (SSSR count). The van der Waals surface area contributed by atoms with E-state index in [1.54, 1.807) is 14.2 Å². The van der Waals surface area contributed by atoms with Gasteiger partial charge in [0, 0.05) is 20.1 Å². The quantitative estimate of drug-likeness (QED) is 0.526. The van der Waals surface area contributed by atoms with Crippen molar-refractivity contribution >= 4 is 5.96 Å². The maximum absolute atomic E-state index is 5.44. The summed E-state index contributed by atoms with van der Waals surface area (Å²) in [6, 6.07) is 14.4. The van der Waals surface area contributed by atoms with Gasteiger partial charge in [-0.25, -0.2) is 0 Å². The lowest BCUT2D eigenvalue weighted by Gasteiger charge is -2.26. The molecule has 2 aromatic carbocycles. The van der Waals surface area contributed by atoms with Crippen molar-refractivity contribution in [1.82, 2.24) is 15.5 Å². The van der Waals surface area contributed by atoms with Gasteiger partial charge in [0.1, 0.15) is 5.75 Å². The highest BCUT2D eigenvalue weighted by atomic mass is 16.7. The molecule has 0 fully saturated rings. The Kier molecular flexibility index (Phi) is 7.19. The number of nitrogens with zero attached hydrogens (tertiary/aromatic N) is 2. The predicted molar refractivity (Wildman–Crippen MR) is 115 cm³/mol. The molecule has 2 aromatic rings. The maximum Gasteiger partial charge on any atom is 0.231 e. The molecule has 0 aromatic heterocycles. The van der Waals surface area contributed by atoms with E-state index >= 15 is 0 Å². The molecule has 0 spiro atoms. The Morgan fingerprint density at radius 1 is 1.14 bits per heavy atom. The summed E-state index contributed by atoms with van der Waals surface area (Å²) >= 11 is 0. The monoisotopic (exact) mass is 398 g/mol. The SMILES string of the molecule is CN=C(NCCc1ccc2c(c1)OCO2)NCC(c1cccc(OC)c1)N(C)C. The summed E-state index contributed by atoms with van der Waals surface area (Å²) in [5.41, 5.74) is 2.39. The second kappa shape index (κ2) is 10.0. The summed E-state index contributed by atoms with van der Waals surface area (Å²) in [6.07, 6.45) is 0.865. The molecule has 7 nitrogen and oxygen atoms in total. The number of nitrogens with one attached hydrogen (secondary N) is 2. The van der Waals surface area contributed by atoms with Crippen LogP contribution in [0.25, 0.3) is 0 Å². The second-order valence-corrected chi connectivity index (χ2v) is 7.07. The predicted octanol–water partition coefficient (Wildman–Crippen LogP) is 2.43. The molecular weight excluding hydrogens is 368 g/mol. The van der Waals surface area contributed by atoms with Crippen LogP contribution in [-0.2, 0) is 6.42 Å². The number of benzene rings is 2. The Balaban J connectivity index is 1.52. The third-order valence-electron chi connectivity index (χ3n) is 4.93. The first-order valence-electron chi connectivity index (χ1n) is 9.74. The normalized spacial score (nSPS) is 14.0. The summed E-state index contributed by atoms with van der Waals surface area (Å²) in [4.78, 5) is 6.52. The van der Waals surface area contributed by atoms with Crippen LogP contribution in [0.15, 0.2) is 47.5 Å². The first-order valence-corrected chi connectivity index (χ1v) is 9.74. The van der Waals surface area contributed by atoms with Gasteiger partial charge >= 0.3 is 0 Å². The highest BCUT2D eigenvalue weighted by molar-refractivity contribution is 5.79. The van der Waals surface area contributed by atoms with Crippen LogP contribution in [0.2, 0.25) is 0 Å². The van der Waals surface area contributed by atoms with E-state index in [1.165, 1.54) is 11.1 Å². The zero-order valence-corrected chi connectivity index (χ0v) is 17.6. The molecular formula is C22H30N4O3. The Morgan fingerprint density at radius 2 is 1.97 bits per heavy atom. The number of hydrogen-bond donors (Lipinski definition) is 2. The molecule has 2 N–H and O–H groups in total. The van der Waals surface area contributed by atoms with E-state index in [-0.39, 0.29) is 6.04 Å². The van der Waals surface area contributed by atoms with E-state index in [2.05, 4.69) is 52.8 Å². The summed E-state index contributed by atoms with van der Waals surface area (Å²) in [5, 5.41) is 6.80. The molecule has 7 heteroatoms. The van der Waals surface area contributed by atoms with E-state index in [9.17, 15) is 0 Å². The summed E-state index contributed by atoms with van der Waals surface area (Å²) < 4.78 is 16.2. The molecule has 0 aliphatic carbocycles. The molecule has 29 heavy (non-hydrogen) atoms. The number of rotatable bonds is 8. The maximum atomic E-state index is 5.44. The molecule has 1 atom stereocenters. The number of hydrogen-bond acceptors (Lipinski definition) is 5. The molecule has 1 heterocycles. The van der Waals surface area contributed by atoms with Crippen molar-refractivity contribution in [3.63, 3.8) is 0 Å². The van der Waals surface area contributed by atoms with Crippen molar-refractivity contribution in [2.75, 3.05) is 48.1 Å².